The molecule has 1 N–H and O–H groups in total. The number of benzene rings is 2. The van der Waals surface area contributed by atoms with Crippen LogP contribution in [0.25, 0.3) is 0 Å². The highest BCUT2D eigenvalue weighted by molar-refractivity contribution is 6.18. The molecule has 0 fully saturated rings. The Labute approximate surface area is 105 Å². The van der Waals surface area contributed by atoms with Gasteiger partial charge in [-0.2, -0.15) is 0 Å². The van der Waals surface area contributed by atoms with Crippen LogP contribution in [0.5, 0.6) is 0 Å². The molecular formula is C15H12O3. The third kappa shape index (κ3) is 2.52. The highest BCUT2D eigenvalue weighted by atomic mass is 16.3. The molecule has 0 heterocycles. The van der Waals surface area contributed by atoms with E-state index in [9.17, 15) is 14.7 Å². The summed E-state index contributed by atoms with van der Waals surface area (Å²) in [6.45, 7) is 0. The Balaban J connectivity index is 2.20. The minimum atomic E-state index is -1.64. The molecule has 2 rings (SSSR count). The predicted octanol–water partition coefficient (Wildman–Crippen LogP) is 2.11. The number of hydrogen-bond acceptors (Lipinski definition) is 3. The summed E-state index contributed by atoms with van der Waals surface area (Å²) in [5, 5.41) is 9.79. The first-order valence-corrected chi connectivity index (χ1v) is 5.57. The molecule has 0 bridgehead atoms. The summed E-state index contributed by atoms with van der Waals surface area (Å²) in [7, 11) is 0. The molecule has 3 nitrogen and oxygen atoms in total. The smallest absolute Gasteiger partial charge is 0.199 e. The molecule has 0 saturated heterocycles. The highest BCUT2D eigenvalue weighted by Gasteiger charge is 2.25. The minimum absolute atomic E-state index is 0.328. The molecule has 0 saturated carbocycles. The first-order chi connectivity index (χ1) is 8.70. The molecule has 0 aromatic heterocycles. The van der Waals surface area contributed by atoms with Gasteiger partial charge in [0.15, 0.2) is 17.7 Å². The molecule has 0 aliphatic heterocycles. The summed E-state index contributed by atoms with van der Waals surface area (Å²) in [6, 6.07) is 16.6. The van der Waals surface area contributed by atoms with Crippen LogP contribution in [0.15, 0.2) is 60.7 Å². The summed E-state index contributed by atoms with van der Waals surface area (Å²) >= 11 is 0. The molecule has 90 valence electrons. The topological polar surface area (TPSA) is 54.4 Å². The molecule has 3 heteroatoms. The van der Waals surface area contributed by atoms with Crippen LogP contribution in [0.4, 0.5) is 0 Å². The van der Waals surface area contributed by atoms with Crippen molar-refractivity contribution in [3.8, 4) is 0 Å². The number of ketones is 2. The van der Waals surface area contributed by atoms with E-state index in [1.807, 2.05) is 0 Å². The van der Waals surface area contributed by atoms with Crippen molar-refractivity contribution in [1.82, 2.24) is 0 Å². The average Bonchev–Trinajstić information content (AvgIpc) is 2.47. The third-order valence-electron chi connectivity index (χ3n) is 2.61. The fourth-order valence-electron chi connectivity index (χ4n) is 1.64. The molecule has 2 aromatic carbocycles. The van der Waals surface area contributed by atoms with Gasteiger partial charge in [-0.05, 0) is 0 Å². The lowest BCUT2D eigenvalue weighted by Crippen LogP contribution is -2.30. The largest absolute Gasteiger partial charge is 0.377 e. The SMILES string of the molecule is O=C(c1ccccc1)C(O)C(=O)c1ccccc1. The second-order valence-electron chi connectivity index (χ2n) is 3.86. The number of aliphatic hydroxyl groups excluding tert-OH is 1. The summed E-state index contributed by atoms with van der Waals surface area (Å²) in [5.74, 6) is -1.16. The van der Waals surface area contributed by atoms with Crippen LogP contribution in [0.1, 0.15) is 20.7 Å². The number of rotatable bonds is 4. The van der Waals surface area contributed by atoms with Crippen LogP contribution >= 0.6 is 0 Å². The van der Waals surface area contributed by atoms with Crippen LogP contribution < -0.4 is 0 Å². The second kappa shape index (κ2) is 5.38. The standard InChI is InChI=1S/C15H12O3/c16-13(11-7-3-1-4-8-11)15(18)14(17)12-9-5-2-6-10-12/h1-10,15,18H. The van der Waals surface area contributed by atoms with Gasteiger partial charge in [0.05, 0.1) is 0 Å². The van der Waals surface area contributed by atoms with Crippen molar-refractivity contribution in [3.05, 3.63) is 71.8 Å². The summed E-state index contributed by atoms with van der Waals surface area (Å²) in [5.41, 5.74) is 0.656. The van der Waals surface area contributed by atoms with Crippen molar-refractivity contribution in [2.75, 3.05) is 0 Å². The van der Waals surface area contributed by atoms with Crippen molar-refractivity contribution < 1.29 is 14.7 Å². The summed E-state index contributed by atoms with van der Waals surface area (Å²) < 4.78 is 0. The molecule has 0 unspecified atom stereocenters. The lowest BCUT2D eigenvalue weighted by molar-refractivity contribution is 0.0628. The molecule has 0 aliphatic carbocycles. The summed E-state index contributed by atoms with van der Waals surface area (Å²) in [4.78, 5) is 23.8. The minimum Gasteiger partial charge on any atom is -0.377 e. The Morgan fingerprint density at radius 3 is 1.39 bits per heavy atom. The molecular weight excluding hydrogens is 228 g/mol. The van der Waals surface area contributed by atoms with Gasteiger partial charge in [-0.3, -0.25) is 9.59 Å². The van der Waals surface area contributed by atoms with Gasteiger partial charge in [-0.25, -0.2) is 0 Å². The van der Waals surface area contributed by atoms with Gasteiger partial charge in [0, 0.05) is 11.1 Å². The number of hydrogen-bond donors (Lipinski definition) is 1. The van der Waals surface area contributed by atoms with Gasteiger partial charge in [0.25, 0.3) is 0 Å². The molecule has 0 amide bonds. The maximum absolute atomic E-state index is 11.9. The molecule has 18 heavy (non-hydrogen) atoms. The zero-order valence-electron chi connectivity index (χ0n) is 9.61. The molecule has 0 radical (unpaired) electrons. The maximum Gasteiger partial charge on any atom is 0.199 e. The second-order valence-corrected chi connectivity index (χ2v) is 3.86. The maximum atomic E-state index is 11.9. The van der Waals surface area contributed by atoms with E-state index in [4.69, 9.17) is 0 Å². The lowest BCUT2D eigenvalue weighted by atomic mass is 9.99. The Kier molecular flexibility index (Phi) is 3.65. The normalized spacial score (nSPS) is 10.3. The molecule has 2 aromatic rings. The van der Waals surface area contributed by atoms with Gasteiger partial charge in [0.1, 0.15) is 0 Å². The Morgan fingerprint density at radius 1 is 0.722 bits per heavy atom. The molecule has 0 aliphatic rings. The third-order valence-corrected chi connectivity index (χ3v) is 2.61. The quantitative estimate of drug-likeness (QED) is 0.657. The monoisotopic (exact) mass is 240 g/mol. The predicted molar refractivity (Wildman–Crippen MR) is 67.6 cm³/mol. The van der Waals surface area contributed by atoms with Crippen LogP contribution in [0, 0.1) is 0 Å². The van der Waals surface area contributed by atoms with E-state index in [0.717, 1.165) is 0 Å². The summed E-state index contributed by atoms with van der Waals surface area (Å²) in [6.07, 6.45) is -1.64. The van der Waals surface area contributed by atoms with Crippen molar-refractivity contribution in [1.29, 1.82) is 0 Å². The van der Waals surface area contributed by atoms with E-state index in [0.29, 0.717) is 11.1 Å². The van der Waals surface area contributed by atoms with Gasteiger partial charge in [0.2, 0.25) is 0 Å². The van der Waals surface area contributed by atoms with Gasteiger partial charge >= 0.3 is 0 Å². The van der Waals surface area contributed by atoms with E-state index >= 15 is 0 Å². The van der Waals surface area contributed by atoms with Crippen LogP contribution in [-0.4, -0.2) is 22.8 Å². The number of aliphatic hydroxyl groups is 1. The van der Waals surface area contributed by atoms with Crippen molar-refractivity contribution in [3.63, 3.8) is 0 Å². The van der Waals surface area contributed by atoms with Gasteiger partial charge < -0.3 is 5.11 Å². The van der Waals surface area contributed by atoms with Gasteiger partial charge in [-0.1, -0.05) is 60.7 Å². The van der Waals surface area contributed by atoms with Gasteiger partial charge in [-0.15, -0.1) is 0 Å². The van der Waals surface area contributed by atoms with Crippen LogP contribution in [0.2, 0.25) is 0 Å². The van der Waals surface area contributed by atoms with E-state index < -0.39 is 17.7 Å². The Morgan fingerprint density at radius 2 is 1.06 bits per heavy atom. The number of carbonyl (C=O) groups is 2. The van der Waals surface area contributed by atoms with E-state index in [2.05, 4.69) is 0 Å². The van der Waals surface area contributed by atoms with Crippen molar-refractivity contribution >= 4 is 11.6 Å². The van der Waals surface area contributed by atoms with E-state index in [1.54, 1.807) is 60.7 Å². The fourth-order valence-corrected chi connectivity index (χ4v) is 1.64. The first-order valence-electron chi connectivity index (χ1n) is 5.57. The zero-order chi connectivity index (χ0) is 13.0. The van der Waals surface area contributed by atoms with Crippen LogP contribution in [-0.2, 0) is 0 Å². The molecule has 0 atom stereocenters. The number of carbonyl (C=O) groups excluding carboxylic acids is 2. The van der Waals surface area contributed by atoms with Crippen LogP contribution in [0.3, 0.4) is 0 Å². The van der Waals surface area contributed by atoms with E-state index in [1.165, 1.54) is 0 Å². The average molecular weight is 240 g/mol. The highest BCUT2D eigenvalue weighted by Crippen LogP contribution is 2.09. The first kappa shape index (κ1) is 12.2. The zero-order valence-corrected chi connectivity index (χ0v) is 9.61. The molecule has 0 spiro atoms. The Bertz CT molecular complexity index is 495. The Hall–Kier alpha value is -2.26. The van der Waals surface area contributed by atoms with Crippen molar-refractivity contribution in [2.45, 2.75) is 6.10 Å². The lowest BCUT2D eigenvalue weighted by Gasteiger charge is -2.08. The van der Waals surface area contributed by atoms with Crippen molar-refractivity contribution in [2.24, 2.45) is 0 Å². The number of Topliss-reactive ketones (excluding diaryl/α,β-unsaturated/α-hetero) is 2. The fraction of sp³-hybridized carbons (Fsp3) is 0.0667. The van der Waals surface area contributed by atoms with E-state index in [-0.39, 0.29) is 0 Å².